The number of pyridine rings is 1. The monoisotopic (exact) mass is 312 g/mol. The summed E-state index contributed by atoms with van der Waals surface area (Å²) in [5.74, 6) is -0.148. The summed E-state index contributed by atoms with van der Waals surface area (Å²) in [5, 5.41) is 8.79. The lowest BCUT2D eigenvalue weighted by atomic mass is 10.1. The molecule has 3 rings (SSSR count). The molecule has 0 spiro atoms. The molecule has 1 aliphatic rings. The van der Waals surface area contributed by atoms with E-state index in [4.69, 9.17) is 9.84 Å². The third-order valence-electron chi connectivity index (χ3n) is 3.62. The highest BCUT2D eigenvalue weighted by Gasteiger charge is 2.36. The van der Waals surface area contributed by atoms with Crippen LogP contribution in [-0.2, 0) is 9.59 Å². The number of nitrogens with zero attached hydrogens (tertiary/aromatic N) is 2. The highest BCUT2D eigenvalue weighted by Crippen LogP contribution is 2.37. The maximum atomic E-state index is 12.8. The van der Waals surface area contributed by atoms with Crippen molar-refractivity contribution in [2.24, 2.45) is 0 Å². The van der Waals surface area contributed by atoms with E-state index in [1.165, 1.54) is 4.90 Å². The molecule has 0 bridgehead atoms. The summed E-state index contributed by atoms with van der Waals surface area (Å²) < 4.78 is 5.82. The van der Waals surface area contributed by atoms with Gasteiger partial charge in [-0.15, -0.1) is 0 Å². The Morgan fingerprint density at radius 3 is 2.74 bits per heavy atom. The van der Waals surface area contributed by atoms with Gasteiger partial charge >= 0.3 is 5.97 Å². The second kappa shape index (κ2) is 6.48. The summed E-state index contributed by atoms with van der Waals surface area (Å²) in [6, 6.07) is 12.7. The van der Waals surface area contributed by atoms with Crippen LogP contribution in [0.5, 0.6) is 5.75 Å². The molecule has 1 aromatic carbocycles. The number of carbonyl (C=O) groups excluding carboxylic acids is 1. The Morgan fingerprint density at radius 2 is 2.00 bits per heavy atom. The van der Waals surface area contributed by atoms with Gasteiger partial charge in [-0.3, -0.25) is 14.5 Å². The maximum Gasteiger partial charge on any atom is 0.303 e. The third-order valence-corrected chi connectivity index (χ3v) is 3.62. The Bertz CT molecular complexity index is 718. The zero-order valence-corrected chi connectivity index (χ0v) is 12.4. The summed E-state index contributed by atoms with van der Waals surface area (Å²) in [4.78, 5) is 29.2. The molecule has 6 nitrogen and oxygen atoms in total. The van der Waals surface area contributed by atoms with Gasteiger partial charge in [-0.05, 0) is 18.6 Å². The number of carbonyl (C=O) groups is 2. The van der Waals surface area contributed by atoms with Crippen LogP contribution in [0.15, 0.2) is 48.7 Å². The number of hydrogen-bond acceptors (Lipinski definition) is 4. The van der Waals surface area contributed by atoms with Crippen LogP contribution in [0.25, 0.3) is 0 Å². The molecule has 1 aromatic heterocycles. The largest absolute Gasteiger partial charge is 0.481 e. The standard InChI is InChI=1S/C17H16N2O4/c20-14(21)9-5-11-19-16-13(8-4-10-18-16)23-15(17(19)22)12-6-2-1-3-7-12/h1-4,6-8,10,15H,5,9,11H2,(H,20,21)/t15-/m0/s1. The van der Waals surface area contributed by atoms with Gasteiger partial charge in [-0.1, -0.05) is 30.3 Å². The average Bonchev–Trinajstić information content (AvgIpc) is 2.57. The first-order valence-corrected chi connectivity index (χ1v) is 7.36. The van der Waals surface area contributed by atoms with Crippen molar-refractivity contribution < 1.29 is 19.4 Å². The highest BCUT2D eigenvalue weighted by atomic mass is 16.5. The van der Waals surface area contributed by atoms with Crippen LogP contribution in [0.2, 0.25) is 0 Å². The van der Waals surface area contributed by atoms with Crippen molar-refractivity contribution in [3.05, 3.63) is 54.2 Å². The summed E-state index contributed by atoms with van der Waals surface area (Å²) in [7, 11) is 0. The molecular weight excluding hydrogens is 296 g/mol. The van der Waals surface area contributed by atoms with Gasteiger partial charge in [0.2, 0.25) is 6.10 Å². The van der Waals surface area contributed by atoms with E-state index in [2.05, 4.69) is 4.98 Å². The molecule has 6 heteroatoms. The number of carboxylic acid groups (broad SMARTS) is 1. The van der Waals surface area contributed by atoms with Crippen LogP contribution >= 0.6 is 0 Å². The van der Waals surface area contributed by atoms with Crippen molar-refractivity contribution >= 4 is 17.7 Å². The molecule has 0 unspecified atom stereocenters. The van der Waals surface area contributed by atoms with Crippen LogP contribution < -0.4 is 9.64 Å². The second-order valence-corrected chi connectivity index (χ2v) is 5.22. The Hall–Kier alpha value is -2.89. The predicted molar refractivity (Wildman–Crippen MR) is 83.3 cm³/mol. The number of carboxylic acids is 1. The minimum atomic E-state index is -0.883. The van der Waals surface area contributed by atoms with Crippen molar-refractivity contribution in [2.75, 3.05) is 11.4 Å². The molecule has 2 aromatic rings. The number of hydrogen-bond donors (Lipinski definition) is 1. The average molecular weight is 312 g/mol. The smallest absolute Gasteiger partial charge is 0.303 e. The molecule has 1 atom stereocenters. The molecular formula is C17H16N2O4. The van der Waals surface area contributed by atoms with Gasteiger partial charge in [-0.2, -0.15) is 0 Å². The number of aromatic nitrogens is 1. The van der Waals surface area contributed by atoms with Crippen molar-refractivity contribution in [1.29, 1.82) is 0 Å². The normalized spacial score (nSPS) is 16.6. The number of rotatable bonds is 5. The van der Waals surface area contributed by atoms with E-state index < -0.39 is 12.1 Å². The minimum Gasteiger partial charge on any atom is -0.481 e. The van der Waals surface area contributed by atoms with Crippen LogP contribution in [0.1, 0.15) is 24.5 Å². The first-order chi connectivity index (χ1) is 11.2. The summed E-state index contributed by atoms with van der Waals surface area (Å²) in [5.41, 5.74) is 0.759. The molecule has 1 N–H and O–H groups in total. The highest BCUT2D eigenvalue weighted by molar-refractivity contribution is 5.99. The molecule has 1 amide bonds. The fourth-order valence-corrected chi connectivity index (χ4v) is 2.54. The number of benzene rings is 1. The number of fused-ring (bicyclic) bond motifs is 1. The Morgan fingerprint density at radius 1 is 1.22 bits per heavy atom. The van der Waals surface area contributed by atoms with E-state index in [0.717, 1.165) is 5.56 Å². The lowest BCUT2D eigenvalue weighted by Crippen LogP contribution is -2.42. The van der Waals surface area contributed by atoms with Crippen molar-refractivity contribution in [2.45, 2.75) is 18.9 Å². The lowest BCUT2D eigenvalue weighted by molar-refractivity contribution is -0.137. The van der Waals surface area contributed by atoms with Crippen molar-refractivity contribution in [3.63, 3.8) is 0 Å². The van der Waals surface area contributed by atoms with Crippen molar-refractivity contribution in [1.82, 2.24) is 4.98 Å². The molecule has 1 aliphatic heterocycles. The maximum absolute atomic E-state index is 12.8. The fourth-order valence-electron chi connectivity index (χ4n) is 2.54. The first-order valence-electron chi connectivity index (χ1n) is 7.36. The Labute approximate surface area is 133 Å². The summed E-state index contributed by atoms with van der Waals surface area (Å²) in [6.07, 6.45) is 1.21. The van der Waals surface area contributed by atoms with E-state index >= 15 is 0 Å². The number of aliphatic carboxylic acids is 1. The Balaban J connectivity index is 1.90. The SMILES string of the molecule is O=C(O)CCCN1C(=O)[C@H](c2ccccc2)Oc2cccnc21. The molecule has 2 heterocycles. The van der Waals surface area contributed by atoms with Gasteiger partial charge < -0.3 is 9.84 Å². The second-order valence-electron chi connectivity index (χ2n) is 5.22. The van der Waals surface area contributed by atoms with E-state index in [-0.39, 0.29) is 12.3 Å². The number of ether oxygens (including phenoxy) is 1. The van der Waals surface area contributed by atoms with Crippen LogP contribution in [0.4, 0.5) is 5.82 Å². The zero-order chi connectivity index (χ0) is 16.2. The summed E-state index contributed by atoms with van der Waals surface area (Å²) in [6.45, 7) is 0.293. The number of anilines is 1. The molecule has 0 fully saturated rings. The first kappa shape index (κ1) is 15.0. The molecule has 0 saturated heterocycles. The Kier molecular flexibility index (Phi) is 4.23. The van der Waals surface area contributed by atoms with E-state index in [1.54, 1.807) is 18.3 Å². The topological polar surface area (TPSA) is 79.7 Å². The van der Waals surface area contributed by atoms with Gasteiger partial charge in [-0.25, -0.2) is 4.98 Å². The lowest BCUT2D eigenvalue weighted by Gasteiger charge is -2.33. The summed E-state index contributed by atoms with van der Waals surface area (Å²) >= 11 is 0. The molecule has 0 aliphatic carbocycles. The quantitative estimate of drug-likeness (QED) is 0.917. The van der Waals surface area contributed by atoms with Gasteiger partial charge in [0, 0.05) is 24.7 Å². The number of amides is 1. The van der Waals surface area contributed by atoms with E-state index in [9.17, 15) is 9.59 Å². The van der Waals surface area contributed by atoms with Gasteiger partial charge in [0.15, 0.2) is 11.6 Å². The minimum absolute atomic E-state index is 0.00279. The zero-order valence-electron chi connectivity index (χ0n) is 12.4. The van der Waals surface area contributed by atoms with E-state index in [0.29, 0.717) is 24.5 Å². The molecule has 0 saturated carbocycles. The molecule has 0 radical (unpaired) electrons. The van der Waals surface area contributed by atoms with Crippen LogP contribution in [0.3, 0.4) is 0 Å². The van der Waals surface area contributed by atoms with Gasteiger partial charge in [0.05, 0.1) is 0 Å². The fraction of sp³-hybridized carbons (Fsp3) is 0.235. The molecule has 118 valence electrons. The molecule has 23 heavy (non-hydrogen) atoms. The third kappa shape index (κ3) is 3.15. The van der Waals surface area contributed by atoms with Crippen LogP contribution in [-0.4, -0.2) is 28.5 Å². The van der Waals surface area contributed by atoms with Crippen LogP contribution in [0, 0.1) is 0 Å². The predicted octanol–water partition coefficient (Wildman–Crippen LogP) is 2.41. The van der Waals surface area contributed by atoms with Crippen molar-refractivity contribution in [3.8, 4) is 5.75 Å². The van der Waals surface area contributed by atoms with E-state index in [1.807, 2.05) is 30.3 Å². The van der Waals surface area contributed by atoms with Gasteiger partial charge in [0.1, 0.15) is 0 Å². The van der Waals surface area contributed by atoms with Gasteiger partial charge in [0.25, 0.3) is 5.91 Å².